The van der Waals surface area contributed by atoms with Crippen LogP contribution in [0.1, 0.15) is 45.0 Å². The van der Waals surface area contributed by atoms with Gasteiger partial charge in [-0.1, -0.05) is 11.6 Å². The highest BCUT2D eigenvalue weighted by atomic mass is 35.5. The molecule has 1 aliphatic carbocycles. The van der Waals surface area contributed by atoms with Crippen LogP contribution in [-0.2, 0) is 6.42 Å². The molecule has 0 aromatic carbocycles. The minimum Gasteiger partial charge on any atom is -0.381 e. The number of aryl methyl sites for hydroxylation is 2. The van der Waals surface area contributed by atoms with Crippen LogP contribution in [0.4, 0.5) is 5.82 Å². The number of amides is 1. The van der Waals surface area contributed by atoms with Crippen molar-refractivity contribution in [3.8, 4) is 0 Å². The van der Waals surface area contributed by atoms with Gasteiger partial charge in [-0.15, -0.1) is 11.3 Å². The molecule has 2 aromatic heterocycles. The Balaban J connectivity index is 1.82. The van der Waals surface area contributed by atoms with Gasteiger partial charge < -0.3 is 11.1 Å². The first-order valence-corrected chi connectivity index (χ1v) is 7.52. The Labute approximate surface area is 124 Å². The van der Waals surface area contributed by atoms with E-state index in [2.05, 4.69) is 20.5 Å². The van der Waals surface area contributed by atoms with Crippen LogP contribution in [0.2, 0.25) is 5.02 Å². The third-order valence-corrected chi connectivity index (χ3v) is 4.76. The Morgan fingerprint density at radius 2 is 2.40 bits per heavy atom. The molecular weight excluding hydrogens is 298 g/mol. The Bertz CT molecular complexity index is 665. The maximum absolute atomic E-state index is 12.2. The van der Waals surface area contributed by atoms with Crippen LogP contribution in [0, 0.1) is 6.92 Å². The van der Waals surface area contributed by atoms with E-state index >= 15 is 0 Å². The summed E-state index contributed by atoms with van der Waals surface area (Å²) in [5.41, 5.74) is 6.71. The van der Waals surface area contributed by atoms with Crippen molar-refractivity contribution in [1.29, 1.82) is 0 Å². The molecule has 106 valence electrons. The summed E-state index contributed by atoms with van der Waals surface area (Å²) in [6.45, 7) is 1.98. The second-order valence-corrected chi connectivity index (χ2v) is 6.42. The van der Waals surface area contributed by atoms with E-state index in [1.54, 1.807) is 11.3 Å². The Kier molecular flexibility index (Phi) is 3.39. The summed E-state index contributed by atoms with van der Waals surface area (Å²) in [4.78, 5) is 18.0. The summed E-state index contributed by atoms with van der Waals surface area (Å²) in [6.07, 6.45) is 2.95. The second-order valence-electron chi connectivity index (χ2n) is 4.76. The van der Waals surface area contributed by atoms with E-state index in [0.717, 1.165) is 30.0 Å². The monoisotopic (exact) mass is 311 g/mol. The van der Waals surface area contributed by atoms with Crippen LogP contribution in [0.5, 0.6) is 0 Å². The predicted octanol–water partition coefficient (Wildman–Crippen LogP) is 2.22. The maximum Gasteiger partial charge on any atom is 0.271 e. The molecule has 1 atom stereocenters. The minimum absolute atomic E-state index is 0.0724. The molecule has 0 radical (unpaired) electrons. The Hall–Kier alpha value is -1.60. The fourth-order valence-electron chi connectivity index (χ4n) is 2.40. The van der Waals surface area contributed by atoms with Gasteiger partial charge >= 0.3 is 0 Å². The third-order valence-electron chi connectivity index (χ3n) is 3.33. The molecule has 0 saturated heterocycles. The van der Waals surface area contributed by atoms with E-state index in [9.17, 15) is 4.79 Å². The summed E-state index contributed by atoms with van der Waals surface area (Å²) in [5, 5.41) is 10.4. The highest BCUT2D eigenvalue weighted by molar-refractivity contribution is 7.11. The number of hydrogen-bond acceptors (Lipinski definition) is 5. The first-order chi connectivity index (χ1) is 9.56. The molecule has 1 aliphatic rings. The van der Waals surface area contributed by atoms with Crippen LogP contribution in [0.3, 0.4) is 0 Å². The zero-order valence-corrected chi connectivity index (χ0v) is 12.4. The van der Waals surface area contributed by atoms with Gasteiger partial charge in [0.25, 0.3) is 5.91 Å². The number of aromatic amines is 1. The number of nitrogens with one attached hydrogen (secondary N) is 2. The Morgan fingerprint density at radius 3 is 3.10 bits per heavy atom. The maximum atomic E-state index is 12.2. The largest absolute Gasteiger partial charge is 0.381 e. The zero-order valence-electron chi connectivity index (χ0n) is 10.9. The number of nitrogens with zero attached hydrogens (tertiary/aromatic N) is 2. The molecule has 0 unspecified atom stereocenters. The zero-order chi connectivity index (χ0) is 14.3. The summed E-state index contributed by atoms with van der Waals surface area (Å²) in [5.74, 6) is -0.173. The van der Waals surface area contributed by atoms with E-state index in [1.165, 1.54) is 4.88 Å². The molecule has 0 fully saturated rings. The number of thiazole rings is 1. The molecule has 20 heavy (non-hydrogen) atoms. The van der Waals surface area contributed by atoms with Crippen LogP contribution in [-0.4, -0.2) is 21.1 Å². The van der Waals surface area contributed by atoms with Gasteiger partial charge in [0.15, 0.2) is 5.82 Å². The number of anilines is 1. The van der Waals surface area contributed by atoms with Gasteiger partial charge in [-0.05, 0) is 26.2 Å². The van der Waals surface area contributed by atoms with Crippen molar-refractivity contribution in [3.63, 3.8) is 0 Å². The number of nitrogens with two attached hydrogens (primary N) is 1. The average molecular weight is 312 g/mol. The van der Waals surface area contributed by atoms with Crippen molar-refractivity contribution < 1.29 is 4.79 Å². The van der Waals surface area contributed by atoms with Crippen LogP contribution in [0.25, 0.3) is 0 Å². The van der Waals surface area contributed by atoms with Crippen molar-refractivity contribution in [3.05, 3.63) is 26.3 Å². The summed E-state index contributed by atoms with van der Waals surface area (Å²) in [7, 11) is 0. The number of carbonyl (C=O) groups is 1. The minimum atomic E-state index is -0.303. The van der Waals surface area contributed by atoms with Crippen molar-refractivity contribution in [2.45, 2.75) is 32.2 Å². The fourth-order valence-corrected chi connectivity index (χ4v) is 3.61. The predicted molar refractivity (Wildman–Crippen MR) is 78.0 cm³/mol. The second kappa shape index (κ2) is 5.06. The standard InChI is InChI=1S/C12H14ClN5OS/c1-5-15-9-6(3-2-4-7(9)20-5)16-12(19)10-8(13)11(14)18-17-10/h6H,2-4H2,1H3,(H,16,19)(H3,14,17,18)/t6-/m0/s1. The number of fused-ring (bicyclic) bond motifs is 1. The molecule has 0 saturated carbocycles. The van der Waals surface area contributed by atoms with Gasteiger partial charge in [0, 0.05) is 4.88 Å². The van der Waals surface area contributed by atoms with Gasteiger partial charge in [-0.25, -0.2) is 4.98 Å². The number of halogens is 1. The quantitative estimate of drug-likeness (QED) is 0.792. The van der Waals surface area contributed by atoms with E-state index < -0.39 is 0 Å². The molecule has 0 aliphatic heterocycles. The number of aromatic nitrogens is 3. The van der Waals surface area contributed by atoms with Crippen molar-refractivity contribution in [2.75, 3.05) is 5.73 Å². The van der Waals surface area contributed by atoms with E-state index in [4.69, 9.17) is 17.3 Å². The molecule has 0 spiro atoms. The third kappa shape index (κ3) is 2.27. The number of carbonyl (C=O) groups excluding carboxylic acids is 1. The molecule has 2 heterocycles. The van der Waals surface area contributed by atoms with Gasteiger partial charge in [0.05, 0.1) is 16.7 Å². The summed E-state index contributed by atoms with van der Waals surface area (Å²) in [6, 6.07) is -0.0724. The lowest BCUT2D eigenvalue weighted by atomic mass is 9.97. The lowest BCUT2D eigenvalue weighted by molar-refractivity contribution is 0.0927. The van der Waals surface area contributed by atoms with Crippen molar-refractivity contribution in [2.24, 2.45) is 0 Å². The topological polar surface area (TPSA) is 96.7 Å². The molecule has 0 bridgehead atoms. The molecule has 8 heteroatoms. The number of nitrogen functional groups attached to an aromatic ring is 1. The smallest absolute Gasteiger partial charge is 0.271 e. The average Bonchev–Trinajstić information content (AvgIpc) is 2.94. The number of H-pyrrole nitrogens is 1. The molecule has 2 aromatic rings. The first-order valence-electron chi connectivity index (χ1n) is 6.32. The fraction of sp³-hybridized carbons (Fsp3) is 0.417. The Morgan fingerprint density at radius 1 is 1.60 bits per heavy atom. The molecule has 1 amide bonds. The van der Waals surface area contributed by atoms with Gasteiger partial charge in [0.2, 0.25) is 0 Å². The van der Waals surface area contributed by atoms with Gasteiger partial charge in [-0.3, -0.25) is 9.89 Å². The molecular formula is C12H14ClN5OS. The van der Waals surface area contributed by atoms with Crippen LogP contribution < -0.4 is 11.1 Å². The van der Waals surface area contributed by atoms with Gasteiger partial charge in [0.1, 0.15) is 10.7 Å². The molecule has 4 N–H and O–H groups in total. The van der Waals surface area contributed by atoms with E-state index in [1.807, 2.05) is 6.92 Å². The van der Waals surface area contributed by atoms with Crippen LogP contribution >= 0.6 is 22.9 Å². The summed E-state index contributed by atoms with van der Waals surface area (Å²) >= 11 is 7.63. The van der Waals surface area contributed by atoms with E-state index in [-0.39, 0.29) is 28.5 Å². The SMILES string of the molecule is Cc1nc2c(s1)CCC[C@@H]2NC(=O)c1[nH]nc(N)c1Cl. The molecule has 6 nitrogen and oxygen atoms in total. The van der Waals surface area contributed by atoms with Gasteiger partial charge in [-0.2, -0.15) is 5.10 Å². The lowest BCUT2D eigenvalue weighted by Gasteiger charge is -2.22. The highest BCUT2D eigenvalue weighted by Crippen LogP contribution is 2.33. The normalized spacial score (nSPS) is 17.8. The van der Waals surface area contributed by atoms with Crippen LogP contribution in [0.15, 0.2) is 0 Å². The van der Waals surface area contributed by atoms with Crippen molar-refractivity contribution in [1.82, 2.24) is 20.5 Å². The highest BCUT2D eigenvalue weighted by Gasteiger charge is 2.27. The number of hydrogen-bond donors (Lipinski definition) is 3. The number of rotatable bonds is 2. The summed E-state index contributed by atoms with van der Waals surface area (Å²) < 4.78 is 0. The lowest BCUT2D eigenvalue weighted by Crippen LogP contribution is -2.31. The van der Waals surface area contributed by atoms with Crippen molar-refractivity contribution >= 4 is 34.7 Å². The molecule has 3 rings (SSSR count). The first kappa shape index (κ1) is 13.4. The van der Waals surface area contributed by atoms with E-state index in [0.29, 0.717) is 0 Å².